The summed E-state index contributed by atoms with van der Waals surface area (Å²) in [5, 5.41) is 0. The van der Waals surface area contributed by atoms with Crippen LogP contribution in [0.1, 0.15) is 5.56 Å². The minimum atomic E-state index is -3.42. The normalized spacial score (nSPS) is 12.1. The van der Waals surface area contributed by atoms with Crippen LogP contribution in [0, 0.1) is 0 Å². The molecule has 0 spiro atoms. The largest absolute Gasteiger partial charge is 0.334 e. The second-order valence-corrected chi connectivity index (χ2v) is 6.57. The van der Waals surface area contributed by atoms with Crippen LogP contribution in [0.25, 0.3) is 11.0 Å². The Morgan fingerprint density at radius 3 is 2.88 bits per heavy atom. The predicted octanol–water partition coefficient (Wildman–Crippen LogP) is 1.68. The summed E-state index contributed by atoms with van der Waals surface area (Å²) < 4.78 is 23.6. The van der Waals surface area contributed by atoms with Crippen LogP contribution in [0.4, 0.5) is 0 Å². The van der Waals surface area contributed by atoms with Crippen molar-refractivity contribution in [2.24, 2.45) is 7.05 Å². The van der Waals surface area contributed by atoms with E-state index in [1.165, 1.54) is 0 Å². The lowest BCUT2D eigenvalue weighted by Gasteiger charge is -2.00. The van der Waals surface area contributed by atoms with Gasteiger partial charge in [-0.25, -0.2) is 13.4 Å². The summed E-state index contributed by atoms with van der Waals surface area (Å²) in [6.07, 6.45) is 2.15. The van der Waals surface area contributed by atoms with Gasteiger partial charge >= 0.3 is 0 Å². The smallest absolute Gasteiger partial charge is 0.232 e. The van der Waals surface area contributed by atoms with E-state index in [0.29, 0.717) is 6.42 Å². The zero-order valence-electron chi connectivity index (χ0n) is 8.72. The number of hydrogen-bond acceptors (Lipinski definition) is 3. The van der Waals surface area contributed by atoms with Crippen molar-refractivity contribution >= 4 is 30.8 Å². The minimum absolute atomic E-state index is 0.0437. The maximum atomic E-state index is 10.8. The van der Waals surface area contributed by atoms with Crippen LogP contribution in [0.2, 0.25) is 0 Å². The van der Waals surface area contributed by atoms with E-state index in [1.54, 1.807) is 6.33 Å². The van der Waals surface area contributed by atoms with Crippen LogP contribution in [0.15, 0.2) is 24.5 Å². The fourth-order valence-corrected chi connectivity index (χ4v) is 2.28. The van der Waals surface area contributed by atoms with Crippen LogP contribution in [-0.4, -0.2) is 23.7 Å². The highest BCUT2D eigenvalue weighted by atomic mass is 35.7. The molecule has 0 aliphatic rings. The highest BCUT2D eigenvalue weighted by Gasteiger charge is 2.07. The van der Waals surface area contributed by atoms with Gasteiger partial charge in [-0.1, -0.05) is 6.07 Å². The van der Waals surface area contributed by atoms with Crippen molar-refractivity contribution < 1.29 is 8.42 Å². The summed E-state index contributed by atoms with van der Waals surface area (Å²) in [6, 6.07) is 5.69. The van der Waals surface area contributed by atoms with Crippen molar-refractivity contribution in [1.82, 2.24) is 9.55 Å². The van der Waals surface area contributed by atoms with E-state index < -0.39 is 9.05 Å². The van der Waals surface area contributed by atoms with Crippen molar-refractivity contribution in [1.29, 1.82) is 0 Å². The van der Waals surface area contributed by atoms with Gasteiger partial charge in [-0.15, -0.1) is 0 Å². The number of fused-ring (bicyclic) bond motifs is 1. The third kappa shape index (κ3) is 2.54. The molecule has 86 valence electrons. The van der Waals surface area contributed by atoms with Gasteiger partial charge in [0.1, 0.15) is 0 Å². The molecule has 0 atom stereocenters. The monoisotopic (exact) mass is 258 g/mol. The molecule has 1 aromatic heterocycles. The average molecular weight is 259 g/mol. The molecule has 4 nitrogen and oxygen atoms in total. The van der Waals surface area contributed by atoms with Gasteiger partial charge < -0.3 is 4.57 Å². The number of hydrogen-bond donors (Lipinski definition) is 0. The van der Waals surface area contributed by atoms with Crippen LogP contribution < -0.4 is 0 Å². The molecule has 6 heteroatoms. The van der Waals surface area contributed by atoms with Crippen LogP contribution >= 0.6 is 10.7 Å². The quantitative estimate of drug-likeness (QED) is 0.787. The Morgan fingerprint density at radius 2 is 2.19 bits per heavy atom. The first kappa shape index (κ1) is 11.4. The fourth-order valence-electron chi connectivity index (χ4n) is 1.57. The van der Waals surface area contributed by atoms with Crippen molar-refractivity contribution in [3.05, 3.63) is 30.1 Å². The zero-order chi connectivity index (χ0) is 11.8. The molecule has 0 radical (unpaired) electrons. The highest BCUT2D eigenvalue weighted by Crippen LogP contribution is 2.15. The van der Waals surface area contributed by atoms with E-state index >= 15 is 0 Å². The molecule has 0 saturated heterocycles. The topological polar surface area (TPSA) is 52.0 Å². The molecule has 0 bridgehead atoms. The fraction of sp³-hybridized carbons (Fsp3) is 0.300. The van der Waals surface area contributed by atoms with Gasteiger partial charge in [-0.2, -0.15) is 0 Å². The van der Waals surface area contributed by atoms with Crippen molar-refractivity contribution in [2.45, 2.75) is 6.42 Å². The maximum Gasteiger partial charge on any atom is 0.232 e. The molecule has 0 unspecified atom stereocenters. The molecule has 2 aromatic rings. The van der Waals surface area contributed by atoms with E-state index in [0.717, 1.165) is 16.6 Å². The molecule has 0 fully saturated rings. The number of aryl methyl sites for hydroxylation is 2. The zero-order valence-corrected chi connectivity index (χ0v) is 10.3. The number of imidazole rings is 1. The standard InChI is InChI=1S/C10H11ClN2O2S/c1-13-7-12-9-3-2-8(6-10(9)13)4-5-16(11,14)15/h2-3,6-7H,4-5H2,1H3. The highest BCUT2D eigenvalue weighted by molar-refractivity contribution is 8.13. The summed E-state index contributed by atoms with van der Waals surface area (Å²) in [4.78, 5) is 4.19. The number of benzene rings is 1. The number of rotatable bonds is 3. The summed E-state index contributed by atoms with van der Waals surface area (Å²) >= 11 is 0. The first-order chi connectivity index (χ1) is 7.46. The summed E-state index contributed by atoms with van der Waals surface area (Å²) in [7, 11) is 3.64. The van der Waals surface area contributed by atoms with Gasteiger partial charge in [-0.3, -0.25) is 0 Å². The molecule has 2 rings (SSSR count). The van der Waals surface area contributed by atoms with E-state index in [4.69, 9.17) is 10.7 Å². The lowest BCUT2D eigenvalue weighted by Crippen LogP contribution is -2.01. The molecule has 16 heavy (non-hydrogen) atoms. The Morgan fingerprint density at radius 1 is 1.44 bits per heavy atom. The third-order valence-corrected chi connectivity index (χ3v) is 3.58. The minimum Gasteiger partial charge on any atom is -0.334 e. The molecule has 0 aliphatic heterocycles. The van der Waals surface area contributed by atoms with E-state index in [2.05, 4.69) is 4.98 Å². The molecule has 0 N–H and O–H groups in total. The van der Waals surface area contributed by atoms with Crippen molar-refractivity contribution in [2.75, 3.05) is 5.75 Å². The van der Waals surface area contributed by atoms with Gasteiger partial charge in [0.05, 0.1) is 23.1 Å². The van der Waals surface area contributed by atoms with Crippen molar-refractivity contribution in [3.8, 4) is 0 Å². The van der Waals surface area contributed by atoms with E-state index in [9.17, 15) is 8.42 Å². The Hall–Kier alpha value is -1.07. The first-order valence-corrected chi connectivity index (χ1v) is 7.26. The Bertz CT molecular complexity index is 619. The molecule has 0 aliphatic carbocycles. The Labute approximate surface area is 98.3 Å². The molecule has 0 amide bonds. The summed E-state index contributed by atoms with van der Waals surface area (Å²) in [6.45, 7) is 0. The lowest BCUT2D eigenvalue weighted by atomic mass is 10.1. The molecular weight excluding hydrogens is 248 g/mol. The van der Waals surface area contributed by atoms with Gasteiger partial charge in [0, 0.05) is 17.7 Å². The number of nitrogens with zero attached hydrogens (tertiary/aromatic N) is 2. The van der Waals surface area contributed by atoms with E-state index in [1.807, 2.05) is 29.8 Å². The predicted molar refractivity (Wildman–Crippen MR) is 64.1 cm³/mol. The third-order valence-electron chi connectivity index (χ3n) is 2.42. The van der Waals surface area contributed by atoms with Crippen molar-refractivity contribution in [3.63, 3.8) is 0 Å². The molecule has 1 heterocycles. The molecular formula is C10H11ClN2O2S. The van der Waals surface area contributed by atoms with Crippen LogP contribution in [0.5, 0.6) is 0 Å². The molecule has 1 aromatic carbocycles. The summed E-state index contributed by atoms with van der Waals surface area (Å²) in [5.74, 6) is -0.0437. The lowest BCUT2D eigenvalue weighted by molar-refractivity contribution is 0.609. The van der Waals surface area contributed by atoms with Crippen LogP contribution in [0.3, 0.4) is 0 Å². The summed E-state index contributed by atoms with van der Waals surface area (Å²) in [5.41, 5.74) is 2.84. The Kier molecular flexibility index (Phi) is 2.90. The van der Waals surface area contributed by atoms with Crippen LogP contribution in [-0.2, 0) is 22.5 Å². The van der Waals surface area contributed by atoms with Gasteiger partial charge in [0.15, 0.2) is 0 Å². The molecule has 0 saturated carbocycles. The first-order valence-electron chi connectivity index (χ1n) is 4.78. The number of aromatic nitrogens is 2. The maximum absolute atomic E-state index is 10.8. The SMILES string of the molecule is Cn1cnc2ccc(CCS(=O)(=O)Cl)cc21. The van der Waals surface area contributed by atoms with Gasteiger partial charge in [-0.05, 0) is 24.1 Å². The van der Waals surface area contributed by atoms with E-state index in [-0.39, 0.29) is 5.75 Å². The second-order valence-electron chi connectivity index (χ2n) is 3.67. The van der Waals surface area contributed by atoms with Gasteiger partial charge in [0.25, 0.3) is 0 Å². The second kappa shape index (κ2) is 4.07. The average Bonchev–Trinajstić information content (AvgIpc) is 2.56. The number of halogens is 1. The van der Waals surface area contributed by atoms with Gasteiger partial charge in [0.2, 0.25) is 9.05 Å². The Balaban J connectivity index is 2.29.